The molecule has 1 heterocycles. The van der Waals surface area contributed by atoms with Crippen LogP contribution < -0.4 is 5.32 Å². The maximum absolute atomic E-state index is 13.9. The van der Waals surface area contributed by atoms with Crippen molar-refractivity contribution in [1.29, 1.82) is 0 Å². The van der Waals surface area contributed by atoms with Crippen LogP contribution >= 0.6 is 27.7 Å². The van der Waals surface area contributed by atoms with Gasteiger partial charge in [-0.05, 0) is 65.0 Å². The lowest BCUT2D eigenvalue weighted by Gasteiger charge is -2.28. The van der Waals surface area contributed by atoms with Crippen molar-refractivity contribution < 1.29 is 4.39 Å². The van der Waals surface area contributed by atoms with Crippen molar-refractivity contribution in [2.24, 2.45) is 0 Å². The van der Waals surface area contributed by atoms with E-state index in [-0.39, 0.29) is 11.9 Å². The third-order valence-corrected chi connectivity index (χ3v) is 5.56. The molecular formula is C17H17BrFNS. The highest BCUT2D eigenvalue weighted by atomic mass is 79.9. The number of aryl methyl sites for hydroxylation is 2. The number of hydrogen-bond acceptors (Lipinski definition) is 2. The number of anilines is 1. The van der Waals surface area contributed by atoms with Crippen LogP contribution in [0.2, 0.25) is 0 Å². The topological polar surface area (TPSA) is 12.0 Å². The van der Waals surface area contributed by atoms with Crippen LogP contribution in [0, 0.1) is 19.7 Å². The maximum atomic E-state index is 13.9. The van der Waals surface area contributed by atoms with E-state index in [2.05, 4.69) is 47.2 Å². The van der Waals surface area contributed by atoms with Crippen molar-refractivity contribution in [1.82, 2.24) is 0 Å². The van der Waals surface area contributed by atoms with E-state index in [4.69, 9.17) is 0 Å². The lowest BCUT2D eigenvalue weighted by molar-refractivity contribution is 0.585. The summed E-state index contributed by atoms with van der Waals surface area (Å²) in [5, 5.41) is 3.60. The number of thioether (sulfide) groups is 1. The highest BCUT2D eigenvalue weighted by Crippen LogP contribution is 2.41. The van der Waals surface area contributed by atoms with Crippen molar-refractivity contribution in [3.63, 3.8) is 0 Å². The largest absolute Gasteiger partial charge is 0.377 e. The number of benzene rings is 2. The van der Waals surface area contributed by atoms with Gasteiger partial charge in [0.25, 0.3) is 0 Å². The van der Waals surface area contributed by atoms with Gasteiger partial charge in [0.1, 0.15) is 5.82 Å². The Labute approximate surface area is 137 Å². The monoisotopic (exact) mass is 365 g/mol. The zero-order chi connectivity index (χ0) is 15.0. The summed E-state index contributed by atoms with van der Waals surface area (Å²) in [7, 11) is 0. The Balaban J connectivity index is 1.96. The van der Waals surface area contributed by atoms with Crippen LogP contribution in [0.4, 0.5) is 10.1 Å². The molecule has 1 aliphatic rings. The molecule has 0 fully saturated rings. The summed E-state index contributed by atoms with van der Waals surface area (Å²) < 4.78 is 15.0. The average molecular weight is 366 g/mol. The second-order valence-electron chi connectivity index (χ2n) is 5.43. The van der Waals surface area contributed by atoms with Crippen molar-refractivity contribution in [3.8, 4) is 0 Å². The van der Waals surface area contributed by atoms with Gasteiger partial charge < -0.3 is 5.32 Å². The minimum atomic E-state index is -0.108. The Kier molecular flexibility index (Phi) is 4.27. The van der Waals surface area contributed by atoms with Crippen LogP contribution in [0.25, 0.3) is 0 Å². The number of rotatable bonds is 2. The predicted octanol–water partition coefficient (Wildman–Crippen LogP) is 5.85. The summed E-state index contributed by atoms with van der Waals surface area (Å²) >= 11 is 5.25. The number of fused-ring (bicyclic) bond motifs is 1. The van der Waals surface area contributed by atoms with Gasteiger partial charge in [-0.25, -0.2) is 4.39 Å². The summed E-state index contributed by atoms with van der Waals surface area (Å²) in [5.74, 6) is 0.831. The Morgan fingerprint density at radius 1 is 1.29 bits per heavy atom. The van der Waals surface area contributed by atoms with Crippen LogP contribution in [-0.2, 0) is 0 Å². The van der Waals surface area contributed by atoms with E-state index in [0.29, 0.717) is 0 Å². The molecule has 0 saturated carbocycles. The van der Waals surface area contributed by atoms with E-state index in [1.165, 1.54) is 11.1 Å². The van der Waals surface area contributed by atoms with Crippen molar-refractivity contribution in [2.75, 3.05) is 11.1 Å². The molecule has 1 atom stereocenters. The molecule has 1 aliphatic heterocycles. The van der Waals surface area contributed by atoms with Crippen LogP contribution in [0.1, 0.15) is 29.2 Å². The first-order valence-corrected chi connectivity index (χ1v) is 8.78. The molecule has 0 spiro atoms. The molecule has 1 unspecified atom stereocenters. The van der Waals surface area contributed by atoms with E-state index in [0.717, 1.165) is 32.8 Å². The molecule has 0 saturated heterocycles. The van der Waals surface area contributed by atoms with Crippen LogP contribution in [0.3, 0.4) is 0 Å². The molecule has 2 aromatic carbocycles. The summed E-state index contributed by atoms with van der Waals surface area (Å²) in [4.78, 5) is 0.794. The molecule has 1 N–H and O–H groups in total. The van der Waals surface area contributed by atoms with E-state index >= 15 is 0 Å². The Hall–Kier alpha value is -1.000. The Morgan fingerprint density at radius 2 is 2.10 bits per heavy atom. The molecule has 4 heteroatoms. The normalized spacial score (nSPS) is 17.4. The first-order chi connectivity index (χ1) is 10.1. The molecule has 0 aromatic heterocycles. The van der Waals surface area contributed by atoms with E-state index < -0.39 is 0 Å². The standard InChI is InChI=1S/C17H17BrFNS/c1-10-8-11(2)16(13(18)9-10)20-15-6-7-21-17-12(15)4-3-5-14(17)19/h3-5,8-9,15,20H,6-7H2,1-2H3. The molecule has 21 heavy (non-hydrogen) atoms. The predicted molar refractivity (Wildman–Crippen MR) is 91.7 cm³/mol. The fourth-order valence-corrected chi connectivity index (χ4v) is 4.74. The average Bonchev–Trinajstić information content (AvgIpc) is 2.43. The lowest BCUT2D eigenvalue weighted by atomic mass is 10.0. The van der Waals surface area contributed by atoms with E-state index in [9.17, 15) is 4.39 Å². The number of halogens is 2. The quantitative estimate of drug-likeness (QED) is 0.715. The zero-order valence-electron chi connectivity index (χ0n) is 12.0. The molecule has 0 radical (unpaired) electrons. The van der Waals surface area contributed by atoms with E-state index in [1.54, 1.807) is 23.9 Å². The number of nitrogens with one attached hydrogen (secondary N) is 1. The maximum Gasteiger partial charge on any atom is 0.137 e. The van der Waals surface area contributed by atoms with Crippen LogP contribution in [0.5, 0.6) is 0 Å². The van der Waals surface area contributed by atoms with Gasteiger partial charge in [0.2, 0.25) is 0 Å². The Morgan fingerprint density at radius 3 is 2.86 bits per heavy atom. The highest BCUT2D eigenvalue weighted by Gasteiger charge is 2.23. The van der Waals surface area contributed by atoms with Crippen LogP contribution in [-0.4, -0.2) is 5.75 Å². The summed E-state index contributed by atoms with van der Waals surface area (Å²) in [5.41, 5.74) is 4.61. The third kappa shape index (κ3) is 2.97. The van der Waals surface area contributed by atoms with Crippen molar-refractivity contribution in [3.05, 3.63) is 57.3 Å². The number of hydrogen-bond donors (Lipinski definition) is 1. The first-order valence-electron chi connectivity index (χ1n) is 7.01. The molecular weight excluding hydrogens is 349 g/mol. The summed E-state index contributed by atoms with van der Waals surface area (Å²) in [6.45, 7) is 4.19. The second kappa shape index (κ2) is 6.01. The Bertz CT molecular complexity index is 663. The molecule has 2 aromatic rings. The molecule has 0 bridgehead atoms. The highest BCUT2D eigenvalue weighted by molar-refractivity contribution is 9.10. The summed E-state index contributed by atoms with van der Waals surface area (Å²) in [6, 6.07) is 9.80. The van der Waals surface area contributed by atoms with E-state index in [1.807, 2.05) is 6.07 Å². The van der Waals surface area contributed by atoms with Crippen molar-refractivity contribution >= 4 is 33.4 Å². The van der Waals surface area contributed by atoms with Gasteiger partial charge in [-0.3, -0.25) is 0 Å². The summed E-state index contributed by atoms with van der Waals surface area (Å²) in [6.07, 6.45) is 1.00. The van der Waals surface area contributed by atoms with Gasteiger partial charge in [-0.1, -0.05) is 18.2 Å². The smallest absolute Gasteiger partial charge is 0.137 e. The minimum absolute atomic E-state index is 0.108. The van der Waals surface area contributed by atoms with Gasteiger partial charge in [-0.2, -0.15) is 0 Å². The first kappa shape index (κ1) is 14.9. The zero-order valence-corrected chi connectivity index (χ0v) is 14.4. The van der Waals surface area contributed by atoms with Gasteiger partial charge >= 0.3 is 0 Å². The van der Waals surface area contributed by atoms with Gasteiger partial charge in [0.05, 0.1) is 11.7 Å². The fourth-order valence-electron chi connectivity index (χ4n) is 2.81. The molecule has 0 amide bonds. The van der Waals surface area contributed by atoms with Gasteiger partial charge in [-0.15, -0.1) is 11.8 Å². The molecule has 0 aliphatic carbocycles. The minimum Gasteiger partial charge on any atom is -0.377 e. The molecule has 1 nitrogen and oxygen atoms in total. The van der Waals surface area contributed by atoms with Crippen LogP contribution in [0.15, 0.2) is 39.7 Å². The molecule has 110 valence electrons. The second-order valence-corrected chi connectivity index (χ2v) is 7.39. The lowest BCUT2D eigenvalue weighted by Crippen LogP contribution is -2.17. The SMILES string of the molecule is Cc1cc(C)c(NC2CCSc3c(F)cccc32)c(Br)c1. The van der Waals surface area contributed by atoms with Crippen molar-refractivity contribution in [2.45, 2.75) is 31.2 Å². The fraction of sp³-hybridized carbons (Fsp3) is 0.294. The molecule has 3 rings (SSSR count). The van der Waals surface area contributed by atoms with Gasteiger partial charge in [0.15, 0.2) is 0 Å². The van der Waals surface area contributed by atoms with Gasteiger partial charge in [0, 0.05) is 15.1 Å². The third-order valence-electron chi connectivity index (χ3n) is 3.78.